The van der Waals surface area contributed by atoms with Crippen molar-refractivity contribution < 1.29 is 24.2 Å². The lowest BCUT2D eigenvalue weighted by molar-refractivity contribution is -0.159. The van der Waals surface area contributed by atoms with Crippen LogP contribution in [0.4, 0.5) is 5.82 Å². The van der Waals surface area contributed by atoms with Crippen LogP contribution in [0.2, 0.25) is 0 Å². The van der Waals surface area contributed by atoms with Gasteiger partial charge in [0.2, 0.25) is 0 Å². The highest BCUT2D eigenvalue weighted by Gasteiger charge is 2.04. The average molecular weight is 188 g/mol. The number of anilines is 1. The molecule has 1 aromatic rings. The van der Waals surface area contributed by atoms with E-state index in [2.05, 4.69) is 4.98 Å². The van der Waals surface area contributed by atoms with Crippen LogP contribution >= 0.6 is 0 Å². The van der Waals surface area contributed by atoms with Crippen LogP contribution in [0.1, 0.15) is 5.89 Å². The molecule has 0 fully saturated rings. The largest absolute Gasteiger partial charge is 0.473 e. The van der Waals surface area contributed by atoms with Crippen LogP contribution < -0.4 is 5.73 Å². The Morgan fingerprint density at radius 3 is 2.00 bits per heavy atom. The second-order valence-corrected chi connectivity index (χ2v) is 1.90. The third-order valence-electron chi connectivity index (χ3n) is 0.820. The summed E-state index contributed by atoms with van der Waals surface area (Å²) in [4.78, 5) is 21.9. The molecule has 72 valence electrons. The molecule has 7 heteroatoms. The minimum Gasteiger partial charge on any atom is -0.473 e. The standard InChI is InChI=1S/C4H6N2O.C2H2O4/c1-3-6-4(5)2-7-3;3-1(4)2(5)6/h2H,5H2,1H3;(H,3,4)(H,5,6). The van der Waals surface area contributed by atoms with Gasteiger partial charge in [0.15, 0.2) is 11.7 Å². The zero-order valence-corrected chi connectivity index (χ0v) is 6.72. The monoisotopic (exact) mass is 188 g/mol. The number of aryl methyl sites for hydroxylation is 1. The predicted molar refractivity (Wildman–Crippen MR) is 40.9 cm³/mol. The van der Waals surface area contributed by atoms with Gasteiger partial charge in [-0.3, -0.25) is 0 Å². The van der Waals surface area contributed by atoms with E-state index < -0.39 is 11.9 Å². The Bertz CT molecular complexity index is 277. The van der Waals surface area contributed by atoms with Crippen LogP contribution in [-0.2, 0) is 9.59 Å². The lowest BCUT2D eigenvalue weighted by Crippen LogP contribution is -2.09. The molecule has 0 radical (unpaired) electrons. The summed E-state index contributed by atoms with van der Waals surface area (Å²) < 4.78 is 4.73. The molecule has 0 aliphatic carbocycles. The maximum Gasteiger partial charge on any atom is 0.414 e. The minimum absolute atomic E-state index is 0.442. The first kappa shape index (κ1) is 11.0. The van der Waals surface area contributed by atoms with E-state index >= 15 is 0 Å². The van der Waals surface area contributed by atoms with Crippen molar-refractivity contribution in [2.24, 2.45) is 0 Å². The number of nitrogens with zero attached hydrogens (tertiary/aromatic N) is 1. The SMILES string of the molecule is Cc1nc(N)co1.O=C(O)C(=O)O. The summed E-state index contributed by atoms with van der Waals surface area (Å²) in [6.07, 6.45) is 1.41. The van der Waals surface area contributed by atoms with Crippen LogP contribution in [0.15, 0.2) is 10.7 Å². The number of aliphatic carboxylic acids is 2. The van der Waals surface area contributed by atoms with Gasteiger partial charge in [0.25, 0.3) is 0 Å². The van der Waals surface area contributed by atoms with Gasteiger partial charge in [-0.25, -0.2) is 9.59 Å². The second kappa shape index (κ2) is 4.75. The van der Waals surface area contributed by atoms with Gasteiger partial charge >= 0.3 is 11.9 Å². The Hall–Kier alpha value is -2.05. The van der Waals surface area contributed by atoms with Crippen LogP contribution in [0.5, 0.6) is 0 Å². The van der Waals surface area contributed by atoms with E-state index in [-0.39, 0.29) is 0 Å². The molecule has 4 N–H and O–H groups in total. The van der Waals surface area contributed by atoms with E-state index in [1.165, 1.54) is 6.26 Å². The highest BCUT2D eigenvalue weighted by atomic mass is 16.4. The first-order chi connectivity index (χ1) is 5.93. The number of carboxylic acid groups (broad SMARTS) is 2. The summed E-state index contributed by atoms with van der Waals surface area (Å²) in [5, 5.41) is 14.8. The Balaban J connectivity index is 0.000000226. The molecule has 0 saturated heterocycles. The number of carboxylic acids is 2. The zero-order chi connectivity index (χ0) is 10.4. The summed E-state index contributed by atoms with van der Waals surface area (Å²) in [7, 11) is 0. The van der Waals surface area contributed by atoms with Crippen molar-refractivity contribution in [3.8, 4) is 0 Å². The van der Waals surface area contributed by atoms with Crippen molar-refractivity contribution in [1.82, 2.24) is 4.98 Å². The van der Waals surface area contributed by atoms with Crippen molar-refractivity contribution in [3.05, 3.63) is 12.2 Å². The number of carbonyl (C=O) groups is 2. The zero-order valence-electron chi connectivity index (χ0n) is 6.72. The minimum atomic E-state index is -1.82. The van der Waals surface area contributed by atoms with Crippen LogP contribution in [0.25, 0.3) is 0 Å². The molecule has 0 atom stereocenters. The third kappa shape index (κ3) is 5.24. The molecule has 1 aromatic heterocycles. The molecule has 0 spiro atoms. The van der Waals surface area contributed by atoms with E-state index in [4.69, 9.17) is 30.0 Å². The summed E-state index contributed by atoms with van der Waals surface area (Å²) in [6.45, 7) is 1.75. The van der Waals surface area contributed by atoms with Gasteiger partial charge in [-0.1, -0.05) is 0 Å². The topological polar surface area (TPSA) is 127 Å². The van der Waals surface area contributed by atoms with Gasteiger partial charge < -0.3 is 20.4 Å². The Labute approximate surface area is 72.8 Å². The highest BCUT2D eigenvalue weighted by molar-refractivity contribution is 6.27. The van der Waals surface area contributed by atoms with Crippen LogP contribution in [0.3, 0.4) is 0 Å². The van der Waals surface area contributed by atoms with Crippen molar-refractivity contribution in [3.63, 3.8) is 0 Å². The molecule has 0 saturated carbocycles. The van der Waals surface area contributed by atoms with Crippen molar-refractivity contribution in [2.75, 3.05) is 5.73 Å². The molecule has 1 heterocycles. The molecule has 0 aromatic carbocycles. The van der Waals surface area contributed by atoms with E-state index in [1.54, 1.807) is 6.92 Å². The Morgan fingerprint density at radius 1 is 1.46 bits per heavy atom. The lowest BCUT2D eigenvalue weighted by atomic mass is 10.7. The molecule has 7 nitrogen and oxygen atoms in total. The number of hydrogen-bond acceptors (Lipinski definition) is 5. The molecule has 13 heavy (non-hydrogen) atoms. The van der Waals surface area contributed by atoms with Gasteiger partial charge in [-0.2, -0.15) is 4.98 Å². The average Bonchev–Trinajstić information content (AvgIpc) is 2.35. The van der Waals surface area contributed by atoms with Gasteiger partial charge in [0, 0.05) is 6.92 Å². The van der Waals surface area contributed by atoms with Crippen LogP contribution in [0, 0.1) is 6.92 Å². The van der Waals surface area contributed by atoms with Crippen molar-refractivity contribution >= 4 is 17.8 Å². The lowest BCUT2D eigenvalue weighted by Gasteiger charge is -1.72. The van der Waals surface area contributed by atoms with Gasteiger partial charge in [-0.05, 0) is 0 Å². The van der Waals surface area contributed by atoms with E-state index in [9.17, 15) is 0 Å². The number of nitrogens with two attached hydrogens (primary N) is 1. The predicted octanol–water partition coefficient (Wildman–Crippen LogP) is -0.279. The number of nitrogen functional groups attached to an aromatic ring is 1. The number of rotatable bonds is 0. The first-order valence-corrected chi connectivity index (χ1v) is 3.07. The fourth-order valence-electron chi connectivity index (χ4n) is 0.380. The number of hydrogen-bond donors (Lipinski definition) is 3. The molecular formula is C6H8N2O5. The van der Waals surface area contributed by atoms with Gasteiger partial charge in [0.1, 0.15) is 6.26 Å². The summed E-state index contributed by atoms with van der Waals surface area (Å²) in [5.41, 5.74) is 5.17. The number of aromatic nitrogens is 1. The number of oxazole rings is 1. The van der Waals surface area contributed by atoms with Crippen LogP contribution in [-0.4, -0.2) is 27.1 Å². The second-order valence-electron chi connectivity index (χ2n) is 1.90. The van der Waals surface area contributed by atoms with Crippen molar-refractivity contribution in [2.45, 2.75) is 6.92 Å². The van der Waals surface area contributed by atoms with Crippen molar-refractivity contribution in [1.29, 1.82) is 0 Å². The summed E-state index contributed by atoms with van der Waals surface area (Å²) in [5.74, 6) is -2.60. The quantitative estimate of drug-likeness (QED) is 0.478. The normalized spacial score (nSPS) is 8.38. The molecule has 0 unspecified atom stereocenters. The molecule has 0 bridgehead atoms. The van der Waals surface area contributed by atoms with E-state index in [1.807, 2.05) is 0 Å². The summed E-state index contributed by atoms with van der Waals surface area (Å²) >= 11 is 0. The van der Waals surface area contributed by atoms with E-state index in [0.29, 0.717) is 11.7 Å². The molecule has 0 aliphatic heterocycles. The maximum absolute atomic E-state index is 9.10. The van der Waals surface area contributed by atoms with Gasteiger partial charge in [0.05, 0.1) is 0 Å². The molecule has 0 amide bonds. The fourth-order valence-corrected chi connectivity index (χ4v) is 0.380. The third-order valence-corrected chi connectivity index (χ3v) is 0.820. The van der Waals surface area contributed by atoms with E-state index in [0.717, 1.165) is 0 Å². The Kier molecular flexibility index (Phi) is 4.00. The first-order valence-electron chi connectivity index (χ1n) is 3.07. The maximum atomic E-state index is 9.10. The molecular weight excluding hydrogens is 180 g/mol. The highest BCUT2D eigenvalue weighted by Crippen LogP contribution is 1.98. The summed E-state index contributed by atoms with van der Waals surface area (Å²) in [6, 6.07) is 0. The molecule has 1 rings (SSSR count). The van der Waals surface area contributed by atoms with Gasteiger partial charge in [-0.15, -0.1) is 0 Å². The molecule has 0 aliphatic rings. The smallest absolute Gasteiger partial charge is 0.414 e. The Morgan fingerprint density at radius 2 is 1.92 bits per heavy atom. The fraction of sp³-hybridized carbons (Fsp3) is 0.167.